The van der Waals surface area contributed by atoms with Crippen molar-refractivity contribution in [2.75, 3.05) is 13.1 Å². The van der Waals surface area contributed by atoms with Crippen LogP contribution in [0.2, 0.25) is 0 Å². The van der Waals surface area contributed by atoms with Crippen molar-refractivity contribution in [3.8, 4) is 0 Å². The summed E-state index contributed by atoms with van der Waals surface area (Å²) in [5, 5.41) is 0. The highest BCUT2D eigenvalue weighted by Crippen LogP contribution is 2.38. The third-order valence-electron chi connectivity index (χ3n) is 5.95. The summed E-state index contributed by atoms with van der Waals surface area (Å²) in [6.07, 6.45) is 6.41. The van der Waals surface area contributed by atoms with Crippen LogP contribution in [0.25, 0.3) is 0 Å². The third-order valence-corrected chi connectivity index (χ3v) is 5.95. The predicted octanol–water partition coefficient (Wildman–Crippen LogP) is 5.00. The second kappa shape index (κ2) is 6.49. The molecule has 1 heteroatoms. The first kappa shape index (κ1) is 15.0. The number of likely N-dealkylation sites (tertiary alicyclic amines) is 1. The fourth-order valence-corrected chi connectivity index (χ4v) is 4.51. The molecule has 0 amide bonds. The van der Waals surface area contributed by atoms with E-state index < -0.39 is 0 Å². The van der Waals surface area contributed by atoms with E-state index in [0.29, 0.717) is 6.04 Å². The topological polar surface area (TPSA) is 3.24 Å². The molecule has 0 saturated carbocycles. The van der Waals surface area contributed by atoms with E-state index in [1.165, 1.54) is 45.2 Å². The van der Waals surface area contributed by atoms with Crippen LogP contribution in [0.3, 0.4) is 0 Å². The maximum atomic E-state index is 2.75. The molecule has 0 spiro atoms. The lowest BCUT2D eigenvalue weighted by Gasteiger charge is -2.38. The Balaban J connectivity index is 1.75. The molecule has 2 aromatic rings. The van der Waals surface area contributed by atoms with Crippen molar-refractivity contribution >= 4 is 0 Å². The summed E-state index contributed by atoms with van der Waals surface area (Å²) in [7, 11) is 0. The molecule has 0 atom stereocenters. The van der Waals surface area contributed by atoms with Crippen LogP contribution < -0.4 is 0 Å². The fourth-order valence-electron chi connectivity index (χ4n) is 4.51. The summed E-state index contributed by atoms with van der Waals surface area (Å²) in [6.45, 7) is 4.83. The number of hydrogen-bond donors (Lipinski definition) is 0. The first-order chi connectivity index (χ1) is 11.4. The van der Waals surface area contributed by atoms with Gasteiger partial charge in [0.1, 0.15) is 0 Å². The van der Waals surface area contributed by atoms with Crippen LogP contribution in [0.1, 0.15) is 54.5 Å². The lowest BCUT2D eigenvalue weighted by Crippen LogP contribution is -2.37. The monoisotopic (exact) mass is 305 g/mol. The van der Waals surface area contributed by atoms with Gasteiger partial charge in [-0.3, -0.25) is 4.90 Å². The average molecular weight is 305 g/mol. The van der Waals surface area contributed by atoms with Gasteiger partial charge in [-0.05, 0) is 66.9 Å². The molecule has 1 fully saturated rings. The number of benzene rings is 2. The Morgan fingerprint density at radius 3 is 1.87 bits per heavy atom. The molecule has 4 rings (SSSR count). The zero-order valence-electron chi connectivity index (χ0n) is 14.2. The minimum atomic E-state index is 0.461. The van der Waals surface area contributed by atoms with E-state index in [-0.39, 0.29) is 0 Å². The molecule has 2 aliphatic rings. The Morgan fingerprint density at radius 2 is 1.35 bits per heavy atom. The highest BCUT2D eigenvalue weighted by Gasteiger charge is 2.30. The maximum Gasteiger partial charge on any atom is 0.0607 e. The van der Waals surface area contributed by atoms with Gasteiger partial charge in [0, 0.05) is 0 Å². The smallest absolute Gasteiger partial charge is 0.0607 e. The predicted molar refractivity (Wildman–Crippen MR) is 96.7 cm³/mol. The summed E-state index contributed by atoms with van der Waals surface area (Å²) in [5.41, 5.74) is 6.19. The number of aryl methyl sites for hydroxylation is 2. The van der Waals surface area contributed by atoms with E-state index in [9.17, 15) is 0 Å². The Bertz CT molecular complexity index is 620. The Hall–Kier alpha value is -1.60. The zero-order chi connectivity index (χ0) is 15.6. The van der Waals surface area contributed by atoms with Crippen molar-refractivity contribution in [3.63, 3.8) is 0 Å². The molecule has 0 unspecified atom stereocenters. The molecule has 1 heterocycles. The van der Waals surface area contributed by atoms with E-state index in [1.807, 2.05) is 0 Å². The summed E-state index contributed by atoms with van der Waals surface area (Å²) in [5.74, 6) is 0.933. The summed E-state index contributed by atoms with van der Waals surface area (Å²) < 4.78 is 0. The zero-order valence-corrected chi connectivity index (χ0v) is 14.2. The minimum Gasteiger partial charge on any atom is -0.292 e. The van der Waals surface area contributed by atoms with Crippen LogP contribution in [0.5, 0.6) is 0 Å². The van der Waals surface area contributed by atoms with Crippen LogP contribution in [0.15, 0.2) is 48.5 Å². The molecule has 2 aromatic carbocycles. The maximum absolute atomic E-state index is 2.75. The molecule has 120 valence electrons. The SMILES string of the molecule is CCC1CCN(C2c3ccccc3CCc3ccccc32)CC1. The van der Waals surface area contributed by atoms with Gasteiger partial charge in [-0.25, -0.2) is 0 Å². The van der Waals surface area contributed by atoms with Gasteiger partial charge in [-0.15, -0.1) is 0 Å². The number of fused-ring (bicyclic) bond motifs is 2. The van der Waals surface area contributed by atoms with Crippen molar-refractivity contribution in [2.24, 2.45) is 5.92 Å². The van der Waals surface area contributed by atoms with Crippen molar-refractivity contribution in [2.45, 2.75) is 45.1 Å². The van der Waals surface area contributed by atoms with Gasteiger partial charge in [-0.2, -0.15) is 0 Å². The lowest BCUT2D eigenvalue weighted by molar-refractivity contribution is 0.149. The Kier molecular flexibility index (Phi) is 4.22. The second-order valence-corrected chi connectivity index (χ2v) is 7.19. The first-order valence-electron chi connectivity index (χ1n) is 9.26. The quantitative estimate of drug-likeness (QED) is 0.755. The summed E-state index contributed by atoms with van der Waals surface area (Å²) in [4.78, 5) is 2.75. The molecule has 0 aromatic heterocycles. The van der Waals surface area contributed by atoms with Gasteiger partial charge in [0.25, 0.3) is 0 Å². The van der Waals surface area contributed by atoms with E-state index in [1.54, 1.807) is 22.3 Å². The molecule has 0 N–H and O–H groups in total. The standard InChI is InChI=1S/C22H27N/c1-2-17-13-15-23(16-14-17)22-20-9-5-3-7-18(20)11-12-19-8-4-6-10-21(19)22/h3-10,17,22H,2,11-16H2,1H3. The minimum absolute atomic E-state index is 0.461. The third kappa shape index (κ3) is 2.83. The molecule has 23 heavy (non-hydrogen) atoms. The lowest BCUT2D eigenvalue weighted by atomic mass is 9.88. The van der Waals surface area contributed by atoms with Gasteiger partial charge in [0.05, 0.1) is 6.04 Å². The van der Waals surface area contributed by atoms with Crippen molar-refractivity contribution in [1.82, 2.24) is 4.90 Å². The van der Waals surface area contributed by atoms with Gasteiger partial charge in [0.15, 0.2) is 0 Å². The number of piperidine rings is 1. The van der Waals surface area contributed by atoms with Gasteiger partial charge in [0.2, 0.25) is 0 Å². The summed E-state index contributed by atoms with van der Waals surface area (Å²) >= 11 is 0. The molecular formula is C22H27N. The van der Waals surface area contributed by atoms with E-state index >= 15 is 0 Å². The Labute approximate surface area is 140 Å². The second-order valence-electron chi connectivity index (χ2n) is 7.19. The van der Waals surface area contributed by atoms with Crippen molar-refractivity contribution in [1.29, 1.82) is 0 Å². The van der Waals surface area contributed by atoms with Gasteiger partial charge < -0.3 is 0 Å². The van der Waals surface area contributed by atoms with Crippen LogP contribution in [-0.2, 0) is 12.8 Å². The van der Waals surface area contributed by atoms with Crippen LogP contribution >= 0.6 is 0 Å². The van der Waals surface area contributed by atoms with Gasteiger partial charge in [-0.1, -0.05) is 61.9 Å². The number of nitrogens with zero attached hydrogens (tertiary/aromatic N) is 1. The largest absolute Gasteiger partial charge is 0.292 e. The molecule has 0 radical (unpaired) electrons. The number of rotatable bonds is 2. The van der Waals surface area contributed by atoms with Crippen LogP contribution in [0.4, 0.5) is 0 Å². The van der Waals surface area contributed by atoms with E-state index in [4.69, 9.17) is 0 Å². The fraction of sp³-hybridized carbons (Fsp3) is 0.455. The average Bonchev–Trinajstić information content (AvgIpc) is 2.79. The van der Waals surface area contributed by atoms with E-state index in [0.717, 1.165) is 5.92 Å². The molecule has 1 aliphatic heterocycles. The first-order valence-corrected chi connectivity index (χ1v) is 9.26. The van der Waals surface area contributed by atoms with E-state index in [2.05, 4.69) is 60.4 Å². The molecule has 1 nitrogen and oxygen atoms in total. The van der Waals surface area contributed by atoms with Gasteiger partial charge >= 0.3 is 0 Å². The summed E-state index contributed by atoms with van der Waals surface area (Å²) in [6, 6.07) is 18.7. The van der Waals surface area contributed by atoms with Crippen molar-refractivity contribution < 1.29 is 0 Å². The molecule has 1 saturated heterocycles. The van der Waals surface area contributed by atoms with Crippen LogP contribution in [0, 0.1) is 5.92 Å². The highest BCUT2D eigenvalue weighted by atomic mass is 15.2. The Morgan fingerprint density at radius 1 is 0.826 bits per heavy atom. The molecule has 0 bridgehead atoms. The number of hydrogen-bond acceptors (Lipinski definition) is 1. The molecule has 1 aliphatic carbocycles. The highest BCUT2D eigenvalue weighted by molar-refractivity contribution is 5.44. The normalized spacial score (nSPS) is 19.9. The van der Waals surface area contributed by atoms with Crippen molar-refractivity contribution in [3.05, 3.63) is 70.8 Å². The van der Waals surface area contributed by atoms with Crippen LogP contribution in [-0.4, -0.2) is 18.0 Å². The molecular weight excluding hydrogens is 278 g/mol.